The van der Waals surface area contributed by atoms with Crippen LogP contribution < -0.4 is 5.32 Å². The minimum Gasteiger partial charge on any atom is -0.380 e. The molecule has 2 heteroatoms. The molecule has 0 aliphatic heterocycles. The summed E-state index contributed by atoms with van der Waals surface area (Å²) in [7, 11) is 3.84. The Morgan fingerprint density at radius 3 is 2.45 bits per heavy atom. The van der Waals surface area contributed by atoms with Crippen LogP contribution in [-0.4, -0.2) is 26.3 Å². The van der Waals surface area contributed by atoms with Gasteiger partial charge >= 0.3 is 0 Å². The zero-order valence-corrected chi connectivity index (χ0v) is 7.76. The van der Waals surface area contributed by atoms with Gasteiger partial charge < -0.3 is 10.1 Å². The van der Waals surface area contributed by atoms with Crippen molar-refractivity contribution in [1.29, 1.82) is 0 Å². The van der Waals surface area contributed by atoms with E-state index in [0.29, 0.717) is 12.1 Å². The fourth-order valence-corrected chi connectivity index (χ4v) is 1.71. The lowest BCUT2D eigenvalue weighted by atomic mass is 10.0. The van der Waals surface area contributed by atoms with E-state index < -0.39 is 0 Å². The van der Waals surface area contributed by atoms with Gasteiger partial charge in [-0.3, -0.25) is 0 Å². The molecule has 2 atom stereocenters. The summed E-state index contributed by atoms with van der Waals surface area (Å²) in [6.45, 7) is 2.20. The average molecular weight is 157 g/mol. The van der Waals surface area contributed by atoms with E-state index in [1.165, 1.54) is 12.8 Å². The molecule has 1 fully saturated rings. The molecular formula is C9H19NO. The van der Waals surface area contributed by atoms with E-state index in [4.69, 9.17) is 4.74 Å². The van der Waals surface area contributed by atoms with Crippen molar-refractivity contribution < 1.29 is 4.74 Å². The summed E-state index contributed by atoms with van der Waals surface area (Å²) in [5.41, 5.74) is 0. The zero-order valence-electron chi connectivity index (χ0n) is 7.76. The molecule has 1 rings (SSSR count). The van der Waals surface area contributed by atoms with Crippen LogP contribution in [0.5, 0.6) is 0 Å². The van der Waals surface area contributed by atoms with Gasteiger partial charge in [0.05, 0.1) is 6.10 Å². The van der Waals surface area contributed by atoms with Crippen LogP contribution in [0.3, 0.4) is 0 Å². The predicted molar refractivity (Wildman–Crippen MR) is 46.7 cm³/mol. The van der Waals surface area contributed by atoms with Crippen molar-refractivity contribution in [2.24, 2.45) is 5.92 Å². The topological polar surface area (TPSA) is 21.3 Å². The maximum absolute atomic E-state index is 5.46. The predicted octanol–water partition coefficient (Wildman–Crippen LogP) is 1.41. The lowest BCUT2D eigenvalue weighted by Crippen LogP contribution is -2.39. The van der Waals surface area contributed by atoms with Gasteiger partial charge in [-0.1, -0.05) is 6.92 Å². The van der Waals surface area contributed by atoms with Gasteiger partial charge in [0.25, 0.3) is 0 Å². The highest BCUT2D eigenvalue weighted by Gasteiger charge is 2.35. The molecule has 2 nitrogen and oxygen atoms in total. The summed E-state index contributed by atoms with van der Waals surface area (Å²) in [5, 5.41) is 3.30. The first-order chi connectivity index (χ1) is 5.33. The monoisotopic (exact) mass is 157 g/mol. The number of hydrogen-bond acceptors (Lipinski definition) is 2. The fourth-order valence-electron chi connectivity index (χ4n) is 1.71. The van der Waals surface area contributed by atoms with Crippen molar-refractivity contribution in [3.63, 3.8) is 0 Å². The molecule has 0 bridgehead atoms. The van der Waals surface area contributed by atoms with E-state index >= 15 is 0 Å². The Morgan fingerprint density at radius 1 is 1.55 bits per heavy atom. The second kappa shape index (κ2) is 4.07. The van der Waals surface area contributed by atoms with E-state index in [2.05, 4.69) is 12.2 Å². The summed E-state index contributed by atoms with van der Waals surface area (Å²) >= 11 is 0. The van der Waals surface area contributed by atoms with Gasteiger partial charge in [0, 0.05) is 13.2 Å². The average Bonchev–Trinajstić information content (AvgIpc) is 2.82. The standard InChI is InChI=1S/C9H19NO/c1-4-8(10-2)9(11-3)7-5-6-7/h7-10H,4-6H2,1-3H3. The van der Waals surface area contributed by atoms with Gasteiger partial charge in [0.15, 0.2) is 0 Å². The largest absolute Gasteiger partial charge is 0.380 e. The molecule has 0 aromatic carbocycles. The molecule has 0 spiro atoms. The second-order valence-corrected chi connectivity index (χ2v) is 3.34. The van der Waals surface area contributed by atoms with Gasteiger partial charge in [-0.25, -0.2) is 0 Å². The van der Waals surface area contributed by atoms with E-state index in [0.717, 1.165) is 12.3 Å². The maximum Gasteiger partial charge on any atom is 0.0752 e. The number of likely N-dealkylation sites (N-methyl/N-ethyl adjacent to an activating group) is 1. The van der Waals surface area contributed by atoms with Crippen LogP contribution >= 0.6 is 0 Å². The SMILES string of the molecule is CCC(NC)C(OC)C1CC1. The summed E-state index contributed by atoms with van der Waals surface area (Å²) in [6.07, 6.45) is 4.32. The molecule has 0 saturated heterocycles. The molecule has 11 heavy (non-hydrogen) atoms. The number of nitrogens with one attached hydrogen (secondary N) is 1. The van der Waals surface area contributed by atoms with E-state index in [1.54, 1.807) is 0 Å². The van der Waals surface area contributed by atoms with Crippen LogP contribution in [-0.2, 0) is 4.74 Å². The van der Waals surface area contributed by atoms with Crippen LogP contribution in [0, 0.1) is 5.92 Å². The molecule has 1 saturated carbocycles. The Bertz CT molecular complexity index is 108. The number of ether oxygens (including phenoxy) is 1. The molecule has 0 aromatic heterocycles. The summed E-state index contributed by atoms with van der Waals surface area (Å²) in [4.78, 5) is 0. The number of methoxy groups -OCH3 is 1. The highest BCUT2D eigenvalue weighted by Crippen LogP contribution is 2.35. The van der Waals surface area contributed by atoms with E-state index in [9.17, 15) is 0 Å². The molecule has 1 N–H and O–H groups in total. The highest BCUT2D eigenvalue weighted by molar-refractivity contribution is 4.88. The molecule has 0 aromatic rings. The van der Waals surface area contributed by atoms with E-state index in [-0.39, 0.29) is 0 Å². The van der Waals surface area contributed by atoms with Gasteiger partial charge in [0.1, 0.15) is 0 Å². The van der Waals surface area contributed by atoms with Crippen molar-refractivity contribution in [3.8, 4) is 0 Å². The zero-order chi connectivity index (χ0) is 8.27. The lowest BCUT2D eigenvalue weighted by Gasteiger charge is -2.24. The third kappa shape index (κ3) is 2.17. The molecule has 0 amide bonds. The Morgan fingerprint density at radius 2 is 2.18 bits per heavy atom. The second-order valence-electron chi connectivity index (χ2n) is 3.34. The molecule has 1 aliphatic carbocycles. The van der Waals surface area contributed by atoms with Crippen LogP contribution in [0.2, 0.25) is 0 Å². The molecule has 0 heterocycles. The van der Waals surface area contributed by atoms with Gasteiger partial charge in [-0.05, 0) is 32.2 Å². The molecule has 2 unspecified atom stereocenters. The Kier molecular flexibility index (Phi) is 3.34. The van der Waals surface area contributed by atoms with Crippen LogP contribution in [0.25, 0.3) is 0 Å². The molecule has 1 aliphatic rings. The molecule has 0 radical (unpaired) electrons. The minimum atomic E-state index is 0.449. The molecule has 66 valence electrons. The third-order valence-corrected chi connectivity index (χ3v) is 2.57. The van der Waals surface area contributed by atoms with E-state index in [1.807, 2.05) is 14.2 Å². The van der Waals surface area contributed by atoms with Crippen LogP contribution in [0.1, 0.15) is 26.2 Å². The van der Waals surface area contributed by atoms with Gasteiger partial charge in [-0.15, -0.1) is 0 Å². The minimum absolute atomic E-state index is 0.449. The van der Waals surface area contributed by atoms with Crippen molar-refractivity contribution in [2.45, 2.75) is 38.3 Å². The quantitative estimate of drug-likeness (QED) is 0.651. The van der Waals surface area contributed by atoms with Crippen molar-refractivity contribution in [3.05, 3.63) is 0 Å². The Hall–Kier alpha value is -0.0800. The maximum atomic E-state index is 5.46. The normalized spacial score (nSPS) is 23.2. The van der Waals surface area contributed by atoms with Crippen LogP contribution in [0.15, 0.2) is 0 Å². The van der Waals surface area contributed by atoms with Crippen molar-refractivity contribution in [2.75, 3.05) is 14.2 Å². The first-order valence-corrected chi connectivity index (χ1v) is 4.53. The highest BCUT2D eigenvalue weighted by atomic mass is 16.5. The summed E-state index contributed by atoms with van der Waals surface area (Å²) in [5.74, 6) is 0.831. The van der Waals surface area contributed by atoms with Crippen molar-refractivity contribution >= 4 is 0 Å². The smallest absolute Gasteiger partial charge is 0.0752 e. The first-order valence-electron chi connectivity index (χ1n) is 4.53. The van der Waals surface area contributed by atoms with Crippen LogP contribution in [0.4, 0.5) is 0 Å². The Balaban J connectivity index is 2.36. The van der Waals surface area contributed by atoms with Gasteiger partial charge in [-0.2, -0.15) is 0 Å². The summed E-state index contributed by atoms with van der Waals surface area (Å²) in [6, 6.07) is 0.549. The Labute approximate surface area is 69.3 Å². The number of rotatable bonds is 5. The van der Waals surface area contributed by atoms with Crippen molar-refractivity contribution in [1.82, 2.24) is 5.32 Å². The molecular weight excluding hydrogens is 138 g/mol. The third-order valence-electron chi connectivity index (χ3n) is 2.57. The first kappa shape index (κ1) is 9.01. The van der Waals surface area contributed by atoms with Gasteiger partial charge in [0.2, 0.25) is 0 Å². The number of hydrogen-bond donors (Lipinski definition) is 1. The lowest BCUT2D eigenvalue weighted by molar-refractivity contribution is 0.0522. The summed E-state index contributed by atoms with van der Waals surface area (Å²) < 4.78 is 5.46. The fraction of sp³-hybridized carbons (Fsp3) is 1.00.